The quantitative estimate of drug-likeness (QED) is 0.245. The Kier molecular flexibility index (Phi) is 9.33. The summed E-state index contributed by atoms with van der Waals surface area (Å²) >= 11 is 0. The second kappa shape index (κ2) is 14.3. The minimum Gasteiger partial charge on any atom is -0.335 e. The van der Waals surface area contributed by atoms with Crippen molar-refractivity contribution in [1.82, 2.24) is 14.7 Å². The third-order valence-electron chi connectivity index (χ3n) is 11.4. The number of likely N-dealkylation sites (tertiary alicyclic amines) is 3. The molecule has 5 aliphatic rings. The Balaban J connectivity index is 0.896. The van der Waals surface area contributed by atoms with Gasteiger partial charge in [0.2, 0.25) is 11.8 Å². The van der Waals surface area contributed by atoms with Crippen molar-refractivity contribution < 1.29 is 9.59 Å². The molecule has 256 valence electrons. The van der Waals surface area contributed by atoms with E-state index in [2.05, 4.69) is 82.6 Å². The monoisotopic (exact) mass is 665 g/mol. The van der Waals surface area contributed by atoms with E-state index >= 15 is 0 Å². The van der Waals surface area contributed by atoms with Crippen LogP contribution >= 0.6 is 0 Å². The highest BCUT2D eigenvalue weighted by molar-refractivity contribution is 6.04. The van der Waals surface area contributed by atoms with E-state index in [0.717, 1.165) is 94.5 Å². The molecule has 0 spiro atoms. The third kappa shape index (κ3) is 6.51. The fraction of sp³-hybridized carbons (Fsp3) is 0.395. The third-order valence-corrected chi connectivity index (χ3v) is 11.4. The number of rotatable bonds is 8. The summed E-state index contributed by atoms with van der Waals surface area (Å²) in [5, 5.41) is 0. The summed E-state index contributed by atoms with van der Waals surface area (Å²) in [6, 6.07) is 27.9. The van der Waals surface area contributed by atoms with E-state index in [0.29, 0.717) is 0 Å². The van der Waals surface area contributed by atoms with Crippen molar-refractivity contribution in [1.29, 1.82) is 0 Å². The van der Waals surface area contributed by atoms with Crippen LogP contribution in [0.15, 0.2) is 101 Å². The van der Waals surface area contributed by atoms with E-state index in [1.54, 1.807) is 6.92 Å². The van der Waals surface area contributed by atoms with Gasteiger partial charge in [-0.2, -0.15) is 0 Å². The highest BCUT2D eigenvalue weighted by Crippen LogP contribution is 2.35. The first-order chi connectivity index (χ1) is 24.5. The predicted molar refractivity (Wildman–Crippen MR) is 202 cm³/mol. The Labute approximate surface area is 296 Å². The van der Waals surface area contributed by atoms with Gasteiger partial charge in [-0.25, -0.2) is 0 Å². The molecule has 0 radical (unpaired) electrons. The molecule has 0 N–H and O–H groups in total. The SMILES string of the molecule is CC(=O)N1CCC[C@H]1C1=NC=C(c2ccc(-c3ccc(C4=CN=C([C@@H]5CCCN5C(=O)[C@@H](c5ccccc5)N5CCCCC5)C4)cc3)cc2)C1. The molecule has 3 saturated heterocycles. The standard InChI is InChI=1S/C43H47N5O2/c1-30(49)47-24-8-12-40(47)38-26-36(28-44-38)33-18-14-31(15-19-33)32-16-20-34(21-17-32)37-27-39(45-29-37)41-13-9-25-48(41)43(50)42(35-10-4-2-5-11-35)46-22-6-3-7-23-46/h2,4-5,10-11,14-21,28-29,40-42H,3,6-9,12-13,22-27H2,1H3/t40-,41-,42+/m0/s1. The maximum atomic E-state index is 14.3. The molecule has 5 heterocycles. The molecule has 50 heavy (non-hydrogen) atoms. The minimum absolute atomic E-state index is 0.0627. The first kappa shape index (κ1) is 32.6. The molecule has 0 bridgehead atoms. The van der Waals surface area contributed by atoms with Crippen LogP contribution < -0.4 is 0 Å². The van der Waals surface area contributed by atoms with Crippen molar-refractivity contribution in [3.05, 3.63) is 108 Å². The Morgan fingerprint density at radius 1 is 0.600 bits per heavy atom. The van der Waals surface area contributed by atoms with E-state index < -0.39 is 0 Å². The van der Waals surface area contributed by atoms with Crippen molar-refractivity contribution in [3.8, 4) is 11.1 Å². The maximum Gasteiger partial charge on any atom is 0.245 e. The number of benzene rings is 3. The summed E-state index contributed by atoms with van der Waals surface area (Å²) in [7, 11) is 0. The molecule has 3 atom stereocenters. The van der Waals surface area contributed by atoms with E-state index in [1.807, 2.05) is 23.4 Å². The van der Waals surface area contributed by atoms with Gasteiger partial charge in [0.15, 0.2) is 0 Å². The van der Waals surface area contributed by atoms with Crippen molar-refractivity contribution in [3.63, 3.8) is 0 Å². The van der Waals surface area contributed by atoms with Gasteiger partial charge in [-0.1, -0.05) is 85.3 Å². The largest absolute Gasteiger partial charge is 0.335 e. The molecule has 3 aromatic rings. The lowest BCUT2D eigenvalue weighted by molar-refractivity contribution is -0.137. The van der Waals surface area contributed by atoms with Gasteiger partial charge in [-0.05, 0) is 90.6 Å². The van der Waals surface area contributed by atoms with E-state index in [1.165, 1.54) is 39.8 Å². The Morgan fingerprint density at radius 2 is 1.10 bits per heavy atom. The molecule has 7 nitrogen and oxygen atoms in total. The van der Waals surface area contributed by atoms with Crippen molar-refractivity contribution >= 4 is 34.4 Å². The molecular formula is C43H47N5O2. The summed E-state index contributed by atoms with van der Waals surface area (Å²) in [6.45, 7) is 5.25. The maximum absolute atomic E-state index is 14.3. The van der Waals surface area contributed by atoms with Gasteiger partial charge in [0.25, 0.3) is 0 Å². The second-order valence-corrected chi connectivity index (χ2v) is 14.5. The van der Waals surface area contributed by atoms with Crippen LogP contribution in [-0.4, -0.2) is 76.2 Å². The average Bonchev–Trinajstić information content (AvgIpc) is 3.99. The minimum atomic E-state index is -0.218. The topological polar surface area (TPSA) is 68.6 Å². The molecule has 0 saturated carbocycles. The molecule has 0 unspecified atom stereocenters. The molecule has 7 heteroatoms. The number of aliphatic imine (C=N–C) groups is 2. The highest BCUT2D eigenvalue weighted by Gasteiger charge is 2.39. The van der Waals surface area contributed by atoms with Gasteiger partial charge in [0.1, 0.15) is 6.04 Å². The fourth-order valence-electron chi connectivity index (χ4n) is 8.75. The van der Waals surface area contributed by atoms with Crippen LogP contribution in [0.5, 0.6) is 0 Å². The fourth-order valence-corrected chi connectivity index (χ4v) is 8.75. The molecule has 8 rings (SSSR count). The lowest BCUT2D eigenvalue weighted by Gasteiger charge is -2.37. The number of carbonyl (C=O) groups is 2. The lowest BCUT2D eigenvalue weighted by atomic mass is 9.94. The van der Waals surface area contributed by atoms with Crippen molar-refractivity contribution in [2.75, 3.05) is 26.2 Å². The zero-order valence-corrected chi connectivity index (χ0v) is 29.1. The number of nitrogens with zero attached hydrogens (tertiary/aromatic N) is 5. The number of piperidine rings is 1. The summed E-state index contributed by atoms with van der Waals surface area (Å²) in [5.41, 5.74) is 10.5. The summed E-state index contributed by atoms with van der Waals surface area (Å²) < 4.78 is 0. The lowest BCUT2D eigenvalue weighted by Crippen LogP contribution is -2.48. The zero-order valence-electron chi connectivity index (χ0n) is 29.1. The first-order valence-electron chi connectivity index (χ1n) is 18.6. The second-order valence-electron chi connectivity index (χ2n) is 14.5. The van der Waals surface area contributed by atoms with E-state index in [9.17, 15) is 9.59 Å². The smallest absolute Gasteiger partial charge is 0.245 e. The number of hydrogen-bond acceptors (Lipinski definition) is 5. The van der Waals surface area contributed by atoms with Gasteiger partial charge >= 0.3 is 0 Å². The normalized spacial score (nSPS) is 23.1. The van der Waals surface area contributed by atoms with Crippen molar-refractivity contribution in [2.45, 2.75) is 82.8 Å². The number of carbonyl (C=O) groups excluding carboxylic acids is 2. The van der Waals surface area contributed by atoms with E-state index in [4.69, 9.17) is 9.98 Å². The Morgan fingerprint density at radius 3 is 1.64 bits per heavy atom. The van der Waals surface area contributed by atoms with Crippen LogP contribution in [0.3, 0.4) is 0 Å². The molecule has 5 aliphatic heterocycles. The zero-order chi connectivity index (χ0) is 34.0. The number of allylic oxidation sites excluding steroid dienone is 2. The van der Waals surface area contributed by atoms with Gasteiger partial charge < -0.3 is 9.80 Å². The number of hydrogen-bond donors (Lipinski definition) is 0. The van der Waals surface area contributed by atoms with Gasteiger partial charge in [-0.3, -0.25) is 24.5 Å². The first-order valence-corrected chi connectivity index (χ1v) is 18.6. The molecule has 3 fully saturated rings. The summed E-state index contributed by atoms with van der Waals surface area (Å²) in [6.07, 6.45) is 13.2. The molecule has 3 aromatic carbocycles. The van der Waals surface area contributed by atoms with Gasteiger partial charge in [0, 0.05) is 56.7 Å². The molecular weight excluding hydrogens is 619 g/mol. The summed E-state index contributed by atoms with van der Waals surface area (Å²) in [5.74, 6) is 0.377. The van der Waals surface area contributed by atoms with Crippen molar-refractivity contribution in [2.24, 2.45) is 9.98 Å². The van der Waals surface area contributed by atoms with Crippen LogP contribution in [0.4, 0.5) is 0 Å². The van der Waals surface area contributed by atoms with Crippen LogP contribution in [0.25, 0.3) is 22.3 Å². The van der Waals surface area contributed by atoms with Crippen LogP contribution in [0.1, 0.15) is 87.4 Å². The number of amides is 2. The van der Waals surface area contributed by atoms with Gasteiger partial charge in [0.05, 0.1) is 12.1 Å². The van der Waals surface area contributed by atoms with E-state index in [-0.39, 0.29) is 29.9 Å². The molecule has 0 aliphatic carbocycles. The highest BCUT2D eigenvalue weighted by atomic mass is 16.2. The predicted octanol–water partition coefficient (Wildman–Crippen LogP) is 7.95. The Bertz CT molecular complexity index is 1850. The van der Waals surface area contributed by atoms with Gasteiger partial charge in [-0.15, -0.1) is 0 Å². The Hall–Kier alpha value is -4.62. The van der Waals surface area contributed by atoms with Crippen LogP contribution in [0, 0.1) is 0 Å². The molecule has 0 aromatic heterocycles. The molecule has 2 amide bonds. The van der Waals surface area contributed by atoms with Crippen LogP contribution in [-0.2, 0) is 9.59 Å². The summed E-state index contributed by atoms with van der Waals surface area (Å²) in [4.78, 5) is 42.6. The average molecular weight is 666 g/mol. The van der Waals surface area contributed by atoms with Crippen LogP contribution in [0.2, 0.25) is 0 Å².